The number of fused-ring (bicyclic) bond motifs is 1. The molecule has 25 heavy (non-hydrogen) atoms. The zero-order valence-corrected chi connectivity index (χ0v) is 15.0. The maximum absolute atomic E-state index is 12.6. The van der Waals surface area contributed by atoms with Crippen LogP contribution in [0.25, 0.3) is 0 Å². The largest absolute Gasteiger partial charge is 0.486 e. The Kier molecular flexibility index (Phi) is 4.33. The summed E-state index contributed by atoms with van der Waals surface area (Å²) in [6.07, 6.45) is -3.97. The van der Waals surface area contributed by atoms with E-state index >= 15 is 0 Å². The number of halogens is 3. The number of benzene rings is 1. The second-order valence-corrected chi connectivity index (χ2v) is 8.91. The monoisotopic (exact) mass is 392 g/mol. The van der Waals surface area contributed by atoms with Gasteiger partial charge in [-0.25, -0.2) is 18.1 Å². The molecule has 1 N–H and O–H groups in total. The molecule has 0 bridgehead atoms. The van der Waals surface area contributed by atoms with Gasteiger partial charge in [0.25, 0.3) is 0 Å². The average Bonchev–Trinajstić information content (AvgIpc) is 3.06. The van der Waals surface area contributed by atoms with Crippen LogP contribution in [0.5, 0.6) is 5.75 Å². The van der Waals surface area contributed by atoms with Crippen LogP contribution < -0.4 is 9.46 Å². The van der Waals surface area contributed by atoms with Crippen LogP contribution in [-0.2, 0) is 29.2 Å². The number of sulfonamides is 1. The standard InChI is InChI=1S/C15H15F3N2O3S2/c1-14(2)6-9-4-3-5-10(13(9)23-14)25(21,22)19-7-12-20-11(8-24-12)15(16,17)18/h3-5,8,19H,6-7H2,1-2H3. The molecule has 136 valence electrons. The Morgan fingerprint density at radius 3 is 2.72 bits per heavy atom. The van der Waals surface area contributed by atoms with E-state index in [9.17, 15) is 21.6 Å². The molecular weight excluding hydrogens is 377 g/mol. The number of para-hydroxylation sites is 1. The van der Waals surface area contributed by atoms with Gasteiger partial charge >= 0.3 is 6.18 Å². The number of ether oxygens (including phenoxy) is 1. The van der Waals surface area contributed by atoms with Crippen molar-refractivity contribution in [2.24, 2.45) is 0 Å². The van der Waals surface area contributed by atoms with Gasteiger partial charge in [0.05, 0.1) is 6.54 Å². The number of nitrogens with one attached hydrogen (secondary N) is 1. The highest BCUT2D eigenvalue weighted by Gasteiger charge is 2.35. The van der Waals surface area contributed by atoms with Crippen LogP contribution in [0.1, 0.15) is 30.1 Å². The summed E-state index contributed by atoms with van der Waals surface area (Å²) in [4.78, 5) is 3.38. The van der Waals surface area contributed by atoms with Crippen molar-refractivity contribution >= 4 is 21.4 Å². The SMILES string of the molecule is CC1(C)Cc2cccc(S(=O)(=O)NCc3nc(C(F)(F)F)cs3)c2O1. The van der Waals surface area contributed by atoms with E-state index in [2.05, 4.69) is 9.71 Å². The minimum absolute atomic E-state index is 0.0248. The van der Waals surface area contributed by atoms with Crippen LogP contribution in [0.4, 0.5) is 13.2 Å². The molecule has 0 spiro atoms. The maximum atomic E-state index is 12.6. The van der Waals surface area contributed by atoms with E-state index in [0.29, 0.717) is 6.42 Å². The highest BCUT2D eigenvalue weighted by atomic mass is 32.2. The lowest BCUT2D eigenvalue weighted by Gasteiger charge is -2.18. The van der Waals surface area contributed by atoms with Gasteiger partial charge in [-0.15, -0.1) is 11.3 Å². The van der Waals surface area contributed by atoms with Crippen LogP contribution in [-0.4, -0.2) is 19.0 Å². The molecule has 1 aliphatic heterocycles. The topological polar surface area (TPSA) is 68.3 Å². The Morgan fingerprint density at radius 1 is 1.36 bits per heavy atom. The van der Waals surface area contributed by atoms with E-state index in [1.165, 1.54) is 6.07 Å². The molecule has 1 aromatic carbocycles. The van der Waals surface area contributed by atoms with Crippen molar-refractivity contribution in [1.29, 1.82) is 0 Å². The van der Waals surface area contributed by atoms with Crippen molar-refractivity contribution in [3.05, 3.63) is 39.8 Å². The van der Waals surface area contributed by atoms with Gasteiger partial charge in [-0.05, 0) is 25.5 Å². The van der Waals surface area contributed by atoms with E-state index in [-0.39, 0.29) is 22.2 Å². The molecule has 0 unspecified atom stereocenters. The summed E-state index contributed by atoms with van der Waals surface area (Å²) >= 11 is 0.748. The molecule has 0 fully saturated rings. The second kappa shape index (κ2) is 5.96. The molecule has 1 aromatic heterocycles. The Labute approximate surface area is 146 Å². The summed E-state index contributed by atoms with van der Waals surface area (Å²) in [6, 6.07) is 4.81. The van der Waals surface area contributed by atoms with Gasteiger partial charge in [-0.1, -0.05) is 12.1 Å². The smallest absolute Gasteiger partial charge is 0.434 e. The zero-order valence-electron chi connectivity index (χ0n) is 13.3. The Hall–Kier alpha value is -1.65. The molecule has 0 amide bonds. The van der Waals surface area contributed by atoms with Crippen LogP contribution in [0, 0.1) is 0 Å². The van der Waals surface area contributed by atoms with Gasteiger partial charge < -0.3 is 4.74 Å². The van der Waals surface area contributed by atoms with E-state index in [1.54, 1.807) is 12.1 Å². The fourth-order valence-electron chi connectivity index (χ4n) is 2.56. The van der Waals surface area contributed by atoms with Gasteiger partial charge in [0.2, 0.25) is 10.0 Å². The third kappa shape index (κ3) is 3.80. The van der Waals surface area contributed by atoms with Crippen LogP contribution in [0.2, 0.25) is 0 Å². The molecule has 0 aliphatic carbocycles. The van der Waals surface area contributed by atoms with Gasteiger partial charge in [0, 0.05) is 11.8 Å². The molecule has 5 nitrogen and oxygen atoms in total. The number of rotatable bonds is 4. The maximum Gasteiger partial charge on any atom is 0.434 e. The number of alkyl halides is 3. The predicted octanol–water partition coefficient (Wildman–Crippen LogP) is 3.35. The van der Waals surface area contributed by atoms with Crippen molar-refractivity contribution in [2.45, 2.75) is 43.5 Å². The summed E-state index contributed by atoms with van der Waals surface area (Å²) in [7, 11) is -3.95. The first-order valence-electron chi connectivity index (χ1n) is 7.30. The van der Waals surface area contributed by atoms with Gasteiger partial charge in [-0.2, -0.15) is 13.2 Å². The fraction of sp³-hybridized carbons (Fsp3) is 0.400. The van der Waals surface area contributed by atoms with Crippen LogP contribution in [0.3, 0.4) is 0 Å². The average molecular weight is 392 g/mol. The third-order valence-electron chi connectivity index (χ3n) is 3.60. The van der Waals surface area contributed by atoms with Gasteiger partial charge in [0.1, 0.15) is 21.3 Å². The highest BCUT2D eigenvalue weighted by molar-refractivity contribution is 7.89. The molecule has 0 saturated carbocycles. The molecular formula is C15H15F3N2O3S2. The summed E-state index contributed by atoms with van der Waals surface area (Å²) < 4.78 is 70.8. The van der Waals surface area contributed by atoms with Crippen LogP contribution >= 0.6 is 11.3 Å². The predicted molar refractivity (Wildman–Crippen MR) is 86.0 cm³/mol. The van der Waals surface area contributed by atoms with Crippen molar-refractivity contribution < 1.29 is 26.3 Å². The number of hydrogen-bond acceptors (Lipinski definition) is 5. The highest BCUT2D eigenvalue weighted by Crippen LogP contribution is 2.39. The first kappa shape index (κ1) is 18.2. The molecule has 3 rings (SSSR count). The Balaban J connectivity index is 1.80. The third-order valence-corrected chi connectivity index (χ3v) is 5.87. The minimum Gasteiger partial charge on any atom is -0.486 e. The molecule has 0 radical (unpaired) electrons. The Bertz CT molecular complexity index is 905. The van der Waals surface area contributed by atoms with E-state index in [4.69, 9.17) is 4.74 Å². The quantitative estimate of drug-likeness (QED) is 0.867. The summed E-state index contributed by atoms with van der Waals surface area (Å²) in [6.45, 7) is 3.38. The van der Waals surface area contributed by atoms with Crippen LogP contribution in [0.15, 0.2) is 28.5 Å². The molecule has 2 heterocycles. The van der Waals surface area contributed by atoms with Crippen molar-refractivity contribution in [3.8, 4) is 5.75 Å². The normalized spacial score (nSPS) is 16.5. The number of aromatic nitrogens is 1. The van der Waals surface area contributed by atoms with Crippen molar-refractivity contribution in [1.82, 2.24) is 9.71 Å². The zero-order chi connectivity index (χ0) is 18.5. The van der Waals surface area contributed by atoms with E-state index < -0.39 is 27.5 Å². The van der Waals surface area contributed by atoms with Crippen molar-refractivity contribution in [2.75, 3.05) is 0 Å². The first-order chi connectivity index (χ1) is 11.5. The van der Waals surface area contributed by atoms with Crippen molar-refractivity contribution in [3.63, 3.8) is 0 Å². The number of hydrogen-bond donors (Lipinski definition) is 1. The van der Waals surface area contributed by atoms with Gasteiger partial charge in [-0.3, -0.25) is 0 Å². The van der Waals surface area contributed by atoms with E-state index in [1.807, 2.05) is 13.8 Å². The summed E-state index contributed by atoms with van der Waals surface area (Å²) in [5.74, 6) is 0.287. The molecule has 0 atom stereocenters. The fourth-order valence-corrected chi connectivity index (χ4v) is 4.54. The number of thiazole rings is 1. The lowest BCUT2D eigenvalue weighted by molar-refractivity contribution is -0.140. The summed E-state index contributed by atoms with van der Waals surface area (Å²) in [5, 5.41) is 0.889. The molecule has 10 heteroatoms. The number of nitrogens with zero attached hydrogens (tertiary/aromatic N) is 1. The molecule has 0 saturated heterocycles. The lowest BCUT2D eigenvalue weighted by Crippen LogP contribution is -2.26. The summed E-state index contributed by atoms with van der Waals surface area (Å²) in [5.41, 5.74) is -0.760. The van der Waals surface area contributed by atoms with E-state index in [0.717, 1.165) is 22.3 Å². The first-order valence-corrected chi connectivity index (χ1v) is 9.66. The van der Waals surface area contributed by atoms with Gasteiger partial charge in [0.15, 0.2) is 5.69 Å². The Morgan fingerprint density at radius 2 is 2.08 bits per heavy atom. The second-order valence-electron chi connectivity index (χ2n) is 6.23. The lowest BCUT2D eigenvalue weighted by atomic mass is 10.0. The molecule has 1 aliphatic rings. The minimum atomic E-state index is -4.55. The molecule has 2 aromatic rings.